The van der Waals surface area contributed by atoms with Crippen LogP contribution in [0.5, 0.6) is 0 Å². The van der Waals surface area contributed by atoms with Crippen LogP contribution in [-0.4, -0.2) is 24.5 Å². The molecule has 0 aromatic heterocycles. The molecular weight excluding hydrogens is 256 g/mol. The van der Waals surface area contributed by atoms with Crippen molar-refractivity contribution < 1.29 is 0 Å². The van der Waals surface area contributed by atoms with E-state index in [1.807, 2.05) is 0 Å². The summed E-state index contributed by atoms with van der Waals surface area (Å²) < 4.78 is 0. The summed E-state index contributed by atoms with van der Waals surface area (Å²) in [5, 5.41) is 0. The van der Waals surface area contributed by atoms with Gasteiger partial charge in [0.1, 0.15) is 0 Å². The molecule has 0 atom stereocenters. The van der Waals surface area contributed by atoms with E-state index in [2.05, 4.69) is 55.0 Å². The van der Waals surface area contributed by atoms with Gasteiger partial charge in [0, 0.05) is 18.2 Å². The largest absolute Gasteiger partial charge is 0.320 e. The SMILES string of the molecule is CCC1CCC(N(C)Cc2ccc(C#CCN)cc2)CC1. The number of benzene rings is 1. The van der Waals surface area contributed by atoms with E-state index in [0.29, 0.717) is 6.54 Å². The zero-order valence-electron chi connectivity index (χ0n) is 13.4. The highest BCUT2D eigenvalue weighted by Crippen LogP contribution is 2.29. The lowest BCUT2D eigenvalue weighted by Crippen LogP contribution is -2.34. The summed E-state index contributed by atoms with van der Waals surface area (Å²) in [7, 11) is 2.26. The lowest BCUT2D eigenvalue weighted by molar-refractivity contribution is 0.157. The van der Waals surface area contributed by atoms with Crippen molar-refractivity contribution in [2.45, 2.75) is 51.6 Å². The smallest absolute Gasteiger partial charge is 0.0555 e. The van der Waals surface area contributed by atoms with Gasteiger partial charge >= 0.3 is 0 Å². The zero-order valence-corrected chi connectivity index (χ0v) is 13.4. The number of nitrogens with two attached hydrogens (primary N) is 1. The second-order valence-corrected chi connectivity index (χ2v) is 6.20. The summed E-state index contributed by atoms with van der Waals surface area (Å²) >= 11 is 0. The molecule has 1 aliphatic carbocycles. The van der Waals surface area contributed by atoms with Crippen LogP contribution < -0.4 is 5.73 Å². The fraction of sp³-hybridized carbons (Fsp3) is 0.579. The van der Waals surface area contributed by atoms with Crippen molar-refractivity contribution >= 4 is 0 Å². The molecule has 2 nitrogen and oxygen atoms in total. The fourth-order valence-electron chi connectivity index (χ4n) is 3.26. The van der Waals surface area contributed by atoms with E-state index in [4.69, 9.17) is 5.73 Å². The van der Waals surface area contributed by atoms with Crippen molar-refractivity contribution in [1.29, 1.82) is 0 Å². The minimum atomic E-state index is 0.422. The highest BCUT2D eigenvalue weighted by Gasteiger charge is 2.22. The Hall–Kier alpha value is -1.30. The van der Waals surface area contributed by atoms with Gasteiger partial charge in [0.25, 0.3) is 0 Å². The highest BCUT2D eigenvalue weighted by atomic mass is 15.1. The third-order valence-corrected chi connectivity index (χ3v) is 4.74. The van der Waals surface area contributed by atoms with E-state index in [1.54, 1.807) is 0 Å². The standard InChI is InChI=1S/C19H28N2/c1-3-16-10-12-19(13-11-16)21(2)15-18-8-6-17(7-9-18)5-4-14-20/h6-9,16,19H,3,10-15,20H2,1-2H3. The third-order valence-electron chi connectivity index (χ3n) is 4.74. The van der Waals surface area contributed by atoms with Crippen LogP contribution in [0.3, 0.4) is 0 Å². The van der Waals surface area contributed by atoms with Crippen LogP contribution in [0, 0.1) is 17.8 Å². The molecule has 114 valence electrons. The molecule has 0 spiro atoms. The Labute approximate surface area is 129 Å². The van der Waals surface area contributed by atoms with Gasteiger partial charge < -0.3 is 5.73 Å². The summed E-state index contributed by atoms with van der Waals surface area (Å²) in [5.41, 5.74) is 7.81. The predicted octanol–water partition coefficient (Wildman–Crippen LogP) is 3.40. The topological polar surface area (TPSA) is 29.3 Å². The maximum absolute atomic E-state index is 5.39. The average molecular weight is 284 g/mol. The average Bonchev–Trinajstić information content (AvgIpc) is 2.54. The summed E-state index contributed by atoms with van der Waals surface area (Å²) in [6.07, 6.45) is 6.87. The molecule has 21 heavy (non-hydrogen) atoms. The van der Waals surface area contributed by atoms with E-state index in [0.717, 1.165) is 24.1 Å². The van der Waals surface area contributed by atoms with Gasteiger partial charge in [0.05, 0.1) is 6.54 Å². The maximum Gasteiger partial charge on any atom is 0.0555 e. The van der Waals surface area contributed by atoms with Gasteiger partial charge in [-0.05, 0) is 56.3 Å². The molecule has 0 unspecified atom stereocenters. The molecule has 0 heterocycles. The van der Waals surface area contributed by atoms with Gasteiger partial charge in [-0.3, -0.25) is 4.90 Å². The summed E-state index contributed by atoms with van der Waals surface area (Å²) in [6, 6.07) is 9.33. The lowest BCUT2D eigenvalue weighted by atomic mass is 9.84. The van der Waals surface area contributed by atoms with Gasteiger partial charge in [0.2, 0.25) is 0 Å². The molecule has 0 aliphatic heterocycles. The molecule has 0 amide bonds. The first-order valence-corrected chi connectivity index (χ1v) is 8.21. The second-order valence-electron chi connectivity index (χ2n) is 6.20. The van der Waals surface area contributed by atoms with Crippen molar-refractivity contribution in [3.63, 3.8) is 0 Å². The number of rotatable bonds is 4. The molecule has 1 aromatic carbocycles. The Morgan fingerprint density at radius 2 is 1.81 bits per heavy atom. The predicted molar refractivity (Wildman–Crippen MR) is 89.9 cm³/mol. The van der Waals surface area contributed by atoms with Crippen molar-refractivity contribution in [1.82, 2.24) is 4.90 Å². The summed E-state index contributed by atoms with van der Waals surface area (Å²) in [5.74, 6) is 6.93. The van der Waals surface area contributed by atoms with Gasteiger partial charge in [-0.15, -0.1) is 0 Å². The van der Waals surface area contributed by atoms with Crippen molar-refractivity contribution in [2.75, 3.05) is 13.6 Å². The highest BCUT2D eigenvalue weighted by molar-refractivity contribution is 5.36. The van der Waals surface area contributed by atoms with Crippen molar-refractivity contribution in [3.8, 4) is 11.8 Å². The fourth-order valence-corrected chi connectivity index (χ4v) is 3.26. The Bertz CT molecular complexity index is 473. The molecule has 0 radical (unpaired) electrons. The Morgan fingerprint density at radius 3 is 2.38 bits per heavy atom. The number of hydrogen-bond donors (Lipinski definition) is 1. The number of hydrogen-bond acceptors (Lipinski definition) is 2. The maximum atomic E-state index is 5.39. The molecule has 1 aromatic rings. The zero-order chi connectivity index (χ0) is 15.1. The Kier molecular flexibility index (Phi) is 6.29. The van der Waals surface area contributed by atoms with Crippen LogP contribution in [0.2, 0.25) is 0 Å². The van der Waals surface area contributed by atoms with E-state index in [1.165, 1.54) is 37.7 Å². The lowest BCUT2D eigenvalue weighted by Gasteiger charge is -2.34. The molecule has 1 saturated carbocycles. The number of nitrogens with zero attached hydrogens (tertiary/aromatic N) is 1. The minimum Gasteiger partial charge on any atom is -0.320 e. The normalized spacial score (nSPS) is 21.9. The minimum absolute atomic E-state index is 0.422. The van der Waals surface area contributed by atoms with Crippen LogP contribution in [0.1, 0.15) is 50.2 Å². The quantitative estimate of drug-likeness (QED) is 0.859. The van der Waals surface area contributed by atoms with E-state index >= 15 is 0 Å². The molecule has 2 N–H and O–H groups in total. The summed E-state index contributed by atoms with van der Waals surface area (Å²) in [6.45, 7) is 3.78. The van der Waals surface area contributed by atoms with E-state index in [9.17, 15) is 0 Å². The first-order chi connectivity index (χ1) is 10.2. The Balaban J connectivity index is 1.86. The molecular formula is C19H28N2. The Morgan fingerprint density at radius 1 is 1.14 bits per heavy atom. The van der Waals surface area contributed by atoms with Crippen LogP contribution in [0.4, 0.5) is 0 Å². The van der Waals surface area contributed by atoms with Gasteiger partial charge in [0.15, 0.2) is 0 Å². The molecule has 2 rings (SSSR count). The monoisotopic (exact) mass is 284 g/mol. The first kappa shape index (κ1) is 16.1. The van der Waals surface area contributed by atoms with E-state index in [-0.39, 0.29) is 0 Å². The third kappa shape index (κ3) is 4.88. The molecule has 0 bridgehead atoms. The van der Waals surface area contributed by atoms with Crippen molar-refractivity contribution in [3.05, 3.63) is 35.4 Å². The van der Waals surface area contributed by atoms with Crippen LogP contribution in [0.15, 0.2) is 24.3 Å². The molecule has 1 aliphatic rings. The van der Waals surface area contributed by atoms with Gasteiger partial charge in [-0.25, -0.2) is 0 Å². The van der Waals surface area contributed by atoms with Gasteiger partial charge in [-0.2, -0.15) is 0 Å². The molecule has 2 heteroatoms. The second kappa shape index (κ2) is 8.22. The van der Waals surface area contributed by atoms with Crippen LogP contribution >= 0.6 is 0 Å². The molecule has 0 saturated heterocycles. The van der Waals surface area contributed by atoms with E-state index < -0.39 is 0 Å². The molecule has 1 fully saturated rings. The first-order valence-electron chi connectivity index (χ1n) is 8.21. The van der Waals surface area contributed by atoms with Crippen LogP contribution in [-0.2, 0) is 6.54 Å². The van der Waals surface area contributed by atoms with Crippen LogP contribution in [0.25, 0.3) is 0 Å². The summed E-state index contributed by atoms with van der Waals surface area (Å²) in [4.78, 5) is 2.52. The van der Waals surface area contributed by atoms with Crippen molar-refractivity contribution in [2.24, 2.45) is 11.7 Å². The van der Waals surface area contributed by atoms with Gasteiger partial charge in [-0.1, -0.05) is 37.3 Å².